The summed E-state index contributed by atoms with van der Waals surface area (Å²) in [4.78, 5) is 0. The number of rotatable bonds is 2. The Bertz CT molecular complexity index is 243. The van der Waals surface area contributed by atoms with Gasteiger partial charge in [-0.15, -0.1) is 0 Å². The molecule has 1 fully saturated rings. The largest absolute Gasteiger partial charge is 1.00 e. The predicted molar refractivity (Wildman–Crippen MR) is 55.4 cm³/mol. The Hall–Kier alpha value is 1.22. The molecule has 0 aliphatic carbocycles. The third-order valence-electron chi connectivity index (χ3n) is 1.98. The third-order valence-corrected chi connectivity index (χ3v) is 3.82. The van der Waals surface area contributed by atoms with Crippen LogP contribution in [0, 0.1) is 0 Å². The van der Waals surface area contributed by atoms with Gasteiger partial charge in [0.25, 0.3) is 0 Å². The molecule has 80 valence electrons. The van der Waals surface area contributed by atoms with Crippen molar-refractivity contribution in [1.82, 2.24) is 4.72 Å². The van der Waals surface area contributed by atoms with Crippen LogP contribution in [0.5, 0.6) is 0 Å². The molecule has 0 aromatic rings. The summed E-state index contributed by atoms with van der Waals surface area (Å²) in [7, 11) is -4.02. The van der Waals surface area contributed by atoms with E-state index in [4.69, 9.17) is 4.55 Å². The van der Waals surface area contributed by atoms with Gasteiger partial charge in [0.2, 0.25) is 0 Å². The third kappa shape index (κ3) is 7.50. The van der Waals surface area contributed by atoms with Gasteiger partial charge in [-0.1, -0.05) is 12.8 Å². The summed E-state index contributed by atoms with van der Waals surface area (Å²) in [6.45, 7) is 0. The van der Waals surface area contributed by atoms with Crippen LogP contribution in [0.3, 0.4) is 0 Å². The van der Waals surface area contributed by atoms with Gasteiger partial charge in [0.15, 0.2) is 0 Å². The fourth-order valence-corrected chi connectivity index (χ4v) is 3.22. The van der Waals surface area contributed by atoms with E-state index in [0.717, 1.165) is 30.8 Å². The molecule has 14 heavy (non-hydrogen) atoms. The molecule has 1 unspecified atom stereocenters. The average molecular weight is 249 g/mol. The molecule has 0 radical (unpaired) electrons. The number of thioether (sulfide) groups is 1. The van der Waals surface area contributed by atoms with E-state index in [1.54, 1.807) is 11.8 Å². The Kier molecular flexibility index (Phi) is 8.14. The van der Waals surface area contributed by atoms with Crippen LogP contribution in [-0.4, -0.2) is 30.5 Å². The molecule has 1 atom stereocenters. The minimum absolute atomic E-state index is 0. The minimum Gasteiger partial charge on any atom is -1.00 e. The standard InChI is InChI=1S/C7H15NO3S2.Na.H/c9-13(10,11)8-7-4-2-1-3-5-12-6-7;;/h7-8H,1-6H2,(H,9,10,11);;/q;+1;-1. The second kappa shape index (κ2) is 7.49. The molecule has 0 aromatic heterocycles. The Morgan fingerprint density at radius 2 is 2.07 bits per heavy atom. The normalized spacial score (nSPS) is 24.5. The Morgan fingerprint density at radius 3 is 2.71 bits per heavy atom. The van der Waals surface area contributed by atoms with E-state index in [1.807, 2.05) is 0 Å². The predicted octanol–water partition coefficient (Wildman–Crippen LogP) is -1.83. The molecule has 1 heterocycles. The molecule has 0 amide bonds. The maximum Gasteiger partial charge on any atom is 1.00 e. The first-order valence-corrected chi connectivity index (χ1v) is 7.00. The van der Waals surface area contributed by atoms with Gasteiger partial charge >= 0.3 is 39.9 Å². The average Bonchev–Trinajstić information content (AvgIpc) is 1.92. The minimum atomic E-state index is -4.02. The van der Waals surface area contributed by atoms with Gasteiger partial charge in [0, 0.05) is 11.8 Å². The molecular formula is C7H16NNaO3S2. The number of hydrogen-bond donors (Lipinski definition) is 2. The summed E-state index contributed by atoms with van der Waals surface area (Å²) in [5.74, 6) is 1.85. The molecule has 1 aliphatic heterocycles. The zero-order valence-corrected chi connectivity index (χ0v) is 12.0. The molecular weight excluding hydrogens is 233 g/mol. The molecule has 1 rings (SSSR count). The molecule has 4 nitrogen and oxygen atoms in total. The van der Waals surface area contributed by atoms with E-state index in [0.29, 0.717) is 0 Å². The fraction of sp³-hybridized carbons (Fsp3) is 1.00. The van der Waals surface area contributed by atoms with Crippen LogP contribution < -0.4 is 34.3 Å². The van der Waals surface area contributed by atoms with Crippen molar-refractivity contribution >= 4 is 22.1 Å². The molecule has 0 aromatic carbocycles. The van der Waals surface area contributed by atoms with Gasteiger partial charge in [0.05, 0.1) is 0 Å². The van der Waals surface area contributed by atoms with Gasteiger partial charge in [-0.3, -0.25) is 4.55 Å². The topological polar surface area (TPSA) is 66.4 Å². The molecule has 7 heteroatoms. The van der Waals surface area contributed by atoms with Gasteiger partial charge in [-0.2, -0.15) is 24.9 Å². The van der Waals surface area contributed by atoms with Gasteiger partial charge in [0.1, 0.15) is 0 Å². The molecule has 0 saturated carbocycles. The van der Waals surface area contributed by atoms with Crippen molar-refractivity contribution in [1.29, 1.82) is 0 Å². The summed E-state index contributed by atoms with van der Waals surface area (Å²) in [6, 6.07) is -0.0969. The van der Waals surface area contributed by atoms with Crippen LogP contribution in [0.4, 0.5) is 0 Å². The first kappa shape index (κ1) is 15.2. The summed E-state index contributed by atoms with van der Waals surface area (Å²) >= 11 is 1.74. The van der Waals surface area contributed by atoms with Crippen molar-refractivity contribution in [3.63, 3.8) is 0 Å². The van der Waals surface area contributed by atoms with E-state index in [1.165, 1.54) is 6.42 Å². The molecule has 0 bridgehead atoms. The summed E-state index contributed by atoms with van der Waals surface area (Å²) in [5, 5.41) is 0. The Balaban J connectivity index is 0. The second-order valence-electron chi connectivity index (χ2n) is 3.21. The van der Waals surface area contributed by atoms with Crippen LogP contribution in [0.25, 0.3) is 0 Å². The van der Waals surface area contributed by atoms with E-state index in [2.05, 4.69) is 4.72 Å². The van der Waals surface area contributed by atoms with Gasteiger partial charge in [-0.05, 0) is 18.6 Å². The SMILES string of the molecule is O=S(=O)(O)NC1CCCCCSC1.[H-].[Na+]. The molecule has 0 spiro atoms. The van der Waals surface area contributed by atoms with Crippen LogP contribution in [-0.2, 0) is 10.3 Å². The zero-order chi connectivity index (χ0) is 9.73. The maximum atomic E-state index is 10.5. The first-order valence-electron chi connectivity index (χ1n) is 4.40. The van der Waals surface area contributed by atoms with Crippen LogP contribution in [0.2, 0.25) is 0 Å². The first-order chi connectivity index (χ1) is 6.08. The van der Waals surface area contributed by atoms with Crippen molar-refractivity contribution in [3.05, 3.63) is 0 Å². The zero-order valence-electron chi connectivity index (χ0n) is 9.40. The molecule has 2 N–H and O–H groups in total. The van der Waals surface area contributed by atoms with Crippen LogP contribution in [0.15, 0.2) is 0 Å². The van der Waals surface area contributed by atoms with Crippen LogP contribution >= 0.6 is 11.8 Å². The van der Waals surface area contributed by atoms with Gasteiger partial charge < -0.3 is 1.43 Å². The van der Waals surface area contributed by atoms with E-state index in [-0.39, 0.29) is 37.0 Å². The van der Waals surface area contributed by atoms with Crippen molar-refractivity contribution < 1.29 is 44.0 Å². The maximum absolute atomic E-state index is 10.5. The quantitative estimate of drug-likeness (QED) is 0.446. The van der Waals surface area contributed by atoms with Gasteiger partial charge in [-0.25, -0.2) is 0 Å². The number of hydrogen-bond acceptors (Lipinski definition) is 3. The van der Waals surface area contributed by atoms with E-state index >= 15 is 0 Å². The Morgan fingerprint density at radius 1 is 1.36 bits per heavy atom. The monoisotopic (exact) mass is 249 g/mol. The van der Waals surface area contributed by atoms with Crippen molar-refractivity contribution in [2.75, 3.05) is 11.5 Å². The summed E-state index contributed by atoms with van der Waals surface area (Å²) in [5.41, 5.74) is 0. The van der Waals surface area contributed by atoms with E-state index in [9.17, 15) is 8.42 Å². The summed E-state index contributed by atoms with van der Waals surface area (Å²) < 4.78 is 31.9. The van der Waals surface area contributed by atoms with E-state index < -0.39 is 10.3 Å². The fourth-order valence-electron chi connectivity index (χ4n) is 1.38. The Labute approximate surface area is 113 Å². The molecule has 1 saturated heterocycles. The summed E-state index contributed by atoms with van der Waals surface area (Å²) in [6.07, 6.45) is 4.22. The smallest absolute Gasteiger partial charge is 1.00 e. The second-order valence-corrected chi connectivity index (χ2v) is 5.55. The molecule has 1 aliphatic rings. The van der Waals surface area contributed by atoms with Crippen LogP contribution in [0.1, 0.15) is 27.1 Å². The van der Waals surface area contributed by atoms with Crippen molar-refractivity contribution in [3.8, 4) is 0 Å². The van der Waals surface area contributed by atoms with Crippen molar-refractivity contribution in [2.45, 2.75) is 31.7 Å². The number of nitrogens with one attached hydrogen (secondary N) is 1. The van der Waals surface area contributed by atoms with Crippen molar-refractivity contribution in [2.24, 2.45) is 0 Å².